The van der Waals surface area contributed by atoms with Crippen molar-refractivity contribution in [1.29, 1.82) is 5.26 Å². The zero-order valence-electron chi connectivity index (χ0n) is 14.9. The van der Waals surface area contributed by atoms with E-state index in [0.29, 0.717) is 5.57 Å². The van der Waals surface area contributed by atoms with Crippen molar-refractivity contribution in [2.45, 2.75) is 32.6 Å². The van der Waals surface area contributed by atoms with Gasteiger partial charge in [-0.25, -0.2) is 4.98 Å². The van der Waals surface area contributed by atoms with E-state index >= 15 is 0 Å². The van der Waals surface area contributed by atoms with Gasteiger partial charge >= 0.3 is 0 Å². The fraction of sp³-hybridized carbons (Fsp3) is 0.273. The van der Waals surface area contributed by atoms with Crippen LogP contribution in [0.3, 0.4) is 0 Å². The molecule has 1 heterocycles. The number of nitrogens with zero attached hydrogens (tertiary/aromatic N) is 2. The highest BCUT2D eigenvalue weighted by molar-refractivity contribution is 7.19. The van der Waals surface area contributed by atoms with Gasteiger partial charge < -0.3 is 4.74 Å². The Balaban J connectivity index is 1.68. The number of fused-ring (bicyclic) bond motifs is 1. The molecule has 0 N–H and O–H groups in total. The van der Waals surface area contributed by atoms with Crippen LogP contribution in [0.2, 0.25) is 0 Å². The van der Waals surface area contributed by atoms with Gasteiger partial charge in [-0.3, -0.25) is 0 Å². The summed E-state index contributed by atoms with van der Waals surface area (Å²) in [4.78, 5) is 4.57. The summed E-state index contributed by atoms with van der Waals surface area (Å²) in [5.74, 6) is 0.872. The number of thiazole rings is 1. The smallest absolute Gasteiger partial charge is 0.135 e. The number of aromatic nitrogens is 1. The summed E-state index contributed by atoms with van der Waals surface area (Å²) in [5, 5.41) is 10.3. The van der Waals surface area contributed by atoms with E-state index in [0.717, 1.165) is 39.6 Å². The van der Waals surface area contributed by atoms with E-state index in [4.69, 9.17) is 4.74 Å². The van der Waals surface area contributed by atoms with Crippen molar-refractivity contribution in [2.24, 2.45) is 0 Å². The lowest BCUT2D eigenvalue weighted by atomic mass is 10.1. The van der Waals surface area contributed by atoms with Crippen LogP contribution in [-0.4, -0.2) is 11.6 Å². The Morgan fingerprint density at radius 2 is 1.92 bits per heavy atom. The first-order chi connectivity index (χ1) is 12.8. The van der Waals surface area contributed by atoms with Gasteiger partial charge in [-0.2, -0.15) is 5.26 Å². The van der Waals surface area contributed by atoms with Gasteiger partial charge in [-0.15, -0.1) is 11.3 Å². The molecule has 0 saturated heterocycles. The number of rotatable bonds is 8. The number of ether oxygens (including phenoxy) is 1. The third kappa shape index (κ3) is 4.71. The normalized spacial score (nSPS) is 11.5. The SMILES string of the molecule is CCCCCCOc1ccc(/C=C(\C#N)c2nc3ccccc3s2)cc1. The van der Waals surface area contributed by atoms with Crippen molar-refractivity contribution in [3.8, 4) is 11.8 Å². The number of unbranched alkanes of at least 4 members (excludes halogenated alkanes) is 3. The average Bonchev–Trinajstić information content (AvgIpc) is 3.11. The third-order valence-electron chi connectivity index (χ3n) is 4.10. The van der Waals surface area contributed by atoms with Crippen LogP contribution >= 0.6 is 11.3 Å². The van der Waals surface area contributed by atoms with Crippen molar-refractivity contribution < 1.29 is 4.74 Å². The molecule has 2 aromatic carbocycles. The second-order valence-electron chi connectivity index (χ2n) is 6.13. The van der Waals surface area contributed by atoms with Crippen molar-refractivity contribution in [3.63, 3.8) is 0 Å². The molecule has 0 saturated carbocycles. The monoisotopic (exact) mass is 362 g/mol. The molecule has 3 aromatic rings. The van der Waals surface area contributed by atoms with Gasteiger partial charge in [0.15, 0.2) is 0 Å². The summed E-state index contributed by atoms with van der Waals surface area (Å²) in [7, 11) is 0. The average molecular weight is 362 g/mol. The van der Waals surface area contributed by atoms with E-state index in [1.54, 1.807) is 11.3 Å². The van der Waals surface area contributed by atoms with Gasteiger partial charge in [0.05, 0.1) is 22.4 Å². The topological polar surface area (TPSA) is 45.9 Å². The van der Waals surface area contributed by atoms with Crippen LogP contribution in [0.5, 0.6) is 5.75 Å². The Bertz CT molecular complexity index is 886. The highest BCUT2D eigenvalue weighted by Gasteiger charge is 2.08. The third-order valence-corrected chi connectivity index (χ3v) is 5.17. The van der Waals surface area contributed by atoms with Crippen LogP contribution in [0.25, 0.3) is 21.9 Å². The van der Waals surface area contributed by atoms with Crippen molar-refractivity contribution in [2.75, 3.05) is 6.61 Å². The molecule has 0 unspecified atom stereocenters. The van der Waals surface area contributed by atoms with Crippen molar-refractivity contribution in [3.05, 3.63) is 59.1 Å². The predicted octanol–water partition coefficient (Wildman–Crippen LogP) is 6.32. The van der Waals surface area contributed by atoms with Gasteiger partial charge in [0.1, 0.15) is 16.8 Å². The maximum Gasteiger partial charge on any atom is 0.135 e. The lowest BCUT2D eigenvalue weighted by molar-refractivity contribution is 0.305. The van der Waals surface area contributed by atoms with Gasteiger partial charge in [0.25, 0.3) is 0 Å². The standard InChI is InChI=1S/C22H22N2OS/c1-2-3-4-7-14-25-19-12-10-17(11-13-19)15-18(16-23)22-24-20-8-5-6-9-21(20)26-22/h5-6,8-13,15H,2-4,7,14H2,1H3/b18-15+. The van der Waals surface area contributed by atoms with Crippen LogP contribution in [0, 0.1) is 11.3 Å². The van der Waals surface area contributed by atoms with Crippen LogP contribution in [0.4, 0.5) is 0 Å². The molecule has 4 heteroatoms. The molecule has 0 fully saturated rings. The molecule has 3 rings (SSSR count). The first kappa shape index (κ1) is 18.2. The number of para-hydroxylation sites is 1. The summed E-state index contributed by atoms with van der Waals surface area (Å²) >= 11 is 1.54. The maximum atomic E-state index is 9.53. The fourth-order valence-corrected chi connectivity index (χ4v) is 3.61. The molecule has 0 aliphatic heterocycles. The van der Waals surface area contributed by atoms with Crippen molar-refractivity contribution in [1.82, 2.24) is 4.98 Å². The molecule has 3 nitrogen and oxygen atoms in total. The number of allylic oxidation sites excluding steroid dienone is 1. The maximum absolute atomic E-state index is 9.53. The van der Waals surface area contributed by atoms with E-state index in [-0.39, 0.29) is 0 Å². The first-order valence-electron chi connectivity index (χ1n) is 9.01. The Morgan fingerprint density at radius 1 is 1.12 bits per heavy atom. The Hall–Kier alpha value is -2.64. The molecular formula is C22H22N2OS. The molecule has 0 amide bonds. The molecule has 1 aromatic heterocycles. The Kier molecular flexibility index (Phi) is 6.40. The highest BCUT2D eigenvalue weighted by Crippen LogP contribution is 2.28. The van der Waals surface area contributed by atoms with E-state index in [1.165, 1.54) is 19.3 Å². The lowest BCUT2D eigenvalue weighted by Gasteiger charge is -2.06. The number of benzene rings is 2. The second-order valence-corrected chi connectivity index (χ2v) is 7.17. The summed E-state index contributed by atoms with van der Waals surface area (Å²) in [6.45, 7) is 2.96. The Labute approximate surface area is 158 Å². The predicted molar refractivity (Wildman–Crippen MR) is 109 cm³/mol. The molecule has 0 aliphatic carbocycles. The van der Waals surface area contributed by atoms with Crippen LogP contribution in [0.1, 0.15) is 43.2 Å². The summed E-state index contributed by atoms with van der Waals surface area (Å²) in [6.07, 6.45) is 6.67. The van der Waals surface area contributed by atoms with E-state index < -0.39 is 0 Å². The van der Waals surface area contributed by atoms with Gasteiger partial charge in [-0.1, -0.05) is 50.5 Å². The zero-order valence-corrected chi connectivity index (χ0v) is 15.8. The largest absolute Gasteiger partial charge is 0.494 e. The Morgan fingerprint density at radius 3 is 2.65 bits per heavy atom. The van der Waals surface area contributed by atoms with Gasteiger partial charge in [0, 0.05) is 0 Å². The zero-order chi connectivity index (χ0) is 18.2. The minimum atomic E-state index is 0.583. The van der Waals surface area contributed by atoms with Crippen molar-refractivity contribution >= 4 is 33.2 Å². The molecule has 0 radical (unpaired) electrons. The fourth-order valence-electron chi connectivity index (χ4n) is 2.68. The summed E-state index contributed by atoms with van der Waals surface area (Å²) in [5.41, 5.74) is 2.49. The number of hydrogen-bond acceptors (Lipinski definition) is 4. The molecule has 0 bridgehead atoms. The van der Waals surface area contributed by atoms with E-state index in [2.05, 4.69) is 18.0 Å². The number of nitriles is 1. The lowest BCUT2D eigenvalue weighted by Crippen LogP contribution is -1.96. The highest BCUT2D eigenvalue weighted by atomic mass is 32.1. The summed E-state index contributed by atoms with van der Waals surface area (Å²) in [6, 6.07) is 18.1. The molecule has 0 spiro atoms. The van der Waals surface area contributed by atoms with Crippen LogP contribution < -0.4 is 4.74 Å². The molecule has 132 valence electrons. The van der Waals surface area contributed by atoms with E-state index in [1.807, 2.05) is 54.6 Å². The molecular weight excluding hydrogens is 340 g/mol. The molecule has 0 aliphatic rings. The first-order valence-corrected chi connectivity index (χ1v) is 9.82. The minimum absolute atomic E-state index is 0.583. The second kappa shape index (κ2) is 9.17. The number of hydrogen-bond donors (Lipinski definition) is 0. The molecule has 0 atom stereocenters. The van der Waals surface area contributed by atoms with E-state index in [9.17, 15) is 5.26 Å². The summed E-state index contributed by atoms with van der Waals surface area (Å²) < 4.78 is 6.86. The van der Waals surface area contributed by atoms with Gasteiger partial charge in [0.2, 0.25) is 0 Å². The quantitative estimate of drug-likeness (QED) is 0.348. The van der Waals surface area contributed by atoms with Gasteiger partial charge in [-0.05, 0) is 42.3 Å². The van der Waals surface area contributed by atoms with Crippen LogP contribution in [-0.2, 0) is 0 Å². The minimum Gasteiger partial charge on any atom is -0.494 e. The molecule has 26 heavy (non-hydrogen) atoms. The van der Waals surface area contributed by atoms with Crippen LogP contribution in [0.15, 0.2) is 48.5 Å².